The van der Waals surface area contributed by atoms with E-state index in [0.29, 0.717) is 6.07 Å². The molecule has 23 heavy (non-hydrogen) atoms. The number of benzene rings is 1. The van der Waals surface area contributed by atoms with E-state index in [1.165, 1.54) is 6.92 Å². The van der Waals surface area contributed by atoms with Crippen molar-refractivity contribution in [2.45, 2.75) is 25.1 Å². The number of ether oxygens (including phenoxy) is 1. The molecule has 0 heterocycles. The molecule has 0 aliphatic carbocycles. The van der Waals surface area contributed by atoms with Gasteiger partial charge in [-0.25, -0.2) is 9.18 Å². The first kappa shape index (κ1) is 18.9. The number of hydrogen-bond acceptors (Lipinski definition) is 3. The number of hydrogen-bond donors (Lipinski definition) is 2. The summed E-state index contributed by atoms with van der Waals surface area (Å²) in [7, 11) is 0.974. The third-order valence-corrected chi connectivity index (χ3v) is 3.22. The Kier molecular flexibility index (Phi) is 5.36. The molecule has 128 valence electrons. The van der Waals surface area contributed by atoms with Crippen LogP contribution in [0.5, 0.6) is 5.75 Å². The molecule has 0 aliphatic rings. The summed E-state index contributed by atoms with van der Waals surface area (Å²) in [5.74, 6) is -5.92. The molecule has 1 rings (SSSR count). The molecule has 0 bridgehead atoms. The van der Waals surface area contributed by atoms with Crippen LogP contribution in [0.2, 0.25) is 0 Å². The summed E-state index contributed by atoms with van der Waals surface area (Å²) >= 11 is 0. The van der Waals surface area contributed by atoms with Crippen molar-refractivity contribution in [2.24, 2.45) is 0 Å². The molecule has 0 aromatic heterocycles. The molecular formula is C14H13F5O4. The standard InChI is InChI=1S/C14H13F5O4/c1-3-7(6-13(22,12(20)21)14(17,18)19)8-4-5-9(15)10(16)11(8)23-2/h3-5,22H,6H2,1-2H3,(H,20,21). The maximum Gasteiger partial charge on any atom is 0.428 e. The van der Waals surface area contributed by atoms with Crippen molar-refractivity contribution in [3.05, 3.63) is 35.4 Å². The van der Waals surface area contributed by atoms with Crippen LogP contribution in [0, 0.1) is 11.6 Å². The predicted molar refractivity (Wildman–Crippen MR) is 69.8 cm³/mol. The Morgan fingerprint density at radius 3 is 2.26 bits per heavy atom. The van der Waals surface area contributed by atoms with Crippen LogP contribution in [-0.4, -0.2) is 35.1 Å². The first-order chi connectivity index (χ1) is 10.5. The van der Waals surface area contributed by atoms with E-state index in [4.69, 9.17) is 5.11 Å². The lowest BCUT2D eigenvalue weighted by Crippen LogP contribution is -2.52. The molecule has 2 N–H and O–H groups in total. The molecular weight excluding hydrogens is 327 g/mol. The zero-order valence-electron chi connectivity index (χ0n) is 12.0. The van der Waals surface area contributed by atoms with Gasteiger partial charge in [-0.05, 0) is 24.6 Å². The van der Waals surface area contributed by atoms with Gasteiger partial charge in [-0.1, -0.05) is 6.08 Å². The monoisotopic (exact) mass is 340 g/mol. The Bertz CT molecular complexity index is 639. The van der Waals surface area contributed by atoms with Gasteiger partial charge in [0.15, 0.2) is 11.6 Å². The van der Waals surface area contributed by atoms with E-state index < -0.39 is 41.6 Å². The van der Waals surface area contributed by atoms with Crippen LogP contribution >= 0.6 is 0 Å². The largest absolute Gasteiger partial charge is 0.493 e. The molecule has 0 spiro atoms. The summed E-state index contributed by atoms with van der Waals surface area (Å²) < 4.78 is 70.1. The van der Waals surface area contributed by atoms with Crippen molar-refractivity contribution in [2.75, 3.05) is 7.11 Å². The van der Waals surface area contributed by atoms with E-state index in [1.54, 1.807) is 0 Å². The molecule has 4 nitrogen and oxygen atoms in total. The van der Waals surface area contributed by atoms with Gasteiger partial charge in [0.25, 0.3) is 5.60 Å². The van der Waals surface area contributed by atoms with Gasteiger partial charge in [0, 0.05) is 12.0 Å². The molecule has 0 saturated carbocycles. The summed E-state index contributed by atoms with van der Waals surface area (Å²) in [6.45, 7) is 1.26. The molecule has 1 aromatic rings. The van der Waals surface area contributed by atoms with Crippen LogP contribution in [-0.2, 0) is 4.79 Å². The smallest absolute Gasteiger partial charge is 0.428 e. The number of allylic oxidation sites excluding steroid dienone is 1. The highest BCUT2D eigenvalue weighted by Crippen LogP contribution is 2.40. The molecule has 1 atom stereocenters. The van der Waals surface area contributed by atoms with Crippen LogP contribution in [0.15, 0.2) is 18.2 Å². The minimum atomic E-state index is -5.47. The first-order valence-corrected chi connectivity index (χ1v) is 6.19. The van der Waals surface area contributed by atoms with E-state index in [2.05, 4.69) is 4.74 Å². The van der Waals surface area contributed by atoms with Gasteiger partial charge < -0.3 is 14.9 Å². The third-order valence-electron chi connectivity index (χ3n) is 3.22. The summed E-state index contributed by atoms with van der Waals surface area (Å²) in [4.78, 5) is 10.9. The Balaban J connectivity index is 3.42. The lowest BCUT2D eigenvalue weighted by molar-refractivity contribution is -0.258. The van der Waals surface area contributed by atoms with E-state index in [1.807, 2.05) is 0 Å². The second-order valence-corrected chi connectivity index (χ2v) is 4.60. The zero-order chi connectivity index (χ0) is 18.0. The number of alkyl halides is 3. The molecule has 0 aliphatic heterocycles. The van der Waals surface area contributed by atoms with Gasteiger partial charge >= 0.3 is 12.1 Å². The van der Waals surface area contributed by atoms with Crippen LogP contribution in [0.3, 0.4) is 0 Å². The van der Waals surface area contributed by atoms with E-state index >= 15 is 0 Å². The van der Waals surface area contributed by atoms with Crippen LogP contribution < -0.4 is 4.74 Å². The minimum Gasteiger partial charge on any atom is -0.493 e. The SMILES string of the molecule is CC=C(CC(O)(C(=O)O)C(F)(F)F)c1ccc(F)c(F)c1OC. The highest BCUT2D eigenvalue weighted by molar-refractivity contribution is 5.83. The fourth-order valence-electron chi connectivity index (χ4n) is 1.91. The van der Waals surface area contributed by atoms with Crippen molar-refractivity contribution < 1.29 is 41.7 Å². The van der Waals surface area contributed by atoms with Gasteiger partial charge in [0.2, 0.25) is 5.82 Å². The second kappa shape index (κ2) is 6.53. The Hall–Kier alpha value is -2.16. The van der Waals surface area contributed by atoms with Crippen LogP contribution in [0.1, 0.15) is 18.9 Å². The number of rotatable bonds is 5. The summed E-state index contributed by atoms with van der Waals surface area (Å²) in [5, 5.41) is 18.2. The highest BCUT2D eigenvalue weighted by Gasteiger charge is 2.60. The molecule has 0 amide bonds. The number of aliphatic carboxylic acids is 1. The van der Waals surface area contributed by atoms with Crippen molar-refractivity contribution in [3.8, 4) is 5.75 Å². The van der Waals surface area contributed by atoms with E-state index in [0.717, 1.165) is 19.3 Å². The van der Waals surface area contributed by atoms with Crippen LogP contribution in [0.25, 0.3) is 5.57 Å². The maximum absolute atomic E-state index is 13.7. The molecule has 0 saturated heterocycles. The number of methoxy groups -OCH3 is 1. The predicted octanol–water partition coefficient (Wildman–Crippen LogP) is 3.14. The minimum absolute atomic E-state index is 0.294. The van der Waals surface area contributed by atoms with Crippen LogP contribution in [0.4, 0.5) is 22.0 Å². The summed E-state index contributed by atoms with van der Waals surface area (Å²) in [6, 6.07) is 1.59. The van der Waals surface area contributed by atoms with Gasteiger partial charge in [0.05, 0.1) is 7.11 Å². The Labute approximate surface area is 127 Å². The van der Waals surface area contributed by atoms with Gasteiger partial charge in [0.1, 0.15) is 0 Å². The average Bonchev–Trinajstić information content (AvgIpc) is 2.46. The number of aliphatic hydroxyl groups is 1. The number of halogens is 5. The Morgan fingerprint density at radius 2 is 1.87 bits per heavy atom. The number of carboxylic acids is 1. The molecule has 1 unspecified atom stereocenters. The fourth-order valence-corrected chi connectivity index (χ4v) is 1.91. The topological polar surface area (TPSA) is 66.8 Å². The lowest BCUT2D eigenvalue weighted by Gasteiger charge is -2.27. The van der Waals surface area contributed by atoms with Gasteiger partial charge in [-0.15, -0.1) is 0 Å². The summed E-state index contributed by atoms with van der Waals surface area (Å²) in [6.07, 6.45) is -5.82. The van der Waals surface area contributed by atoms with Crippen molar-refractivity contribution in [1.29, 1.82) is 0 Å². The molecule has 0 radical (unpaired) electrons. The lowest BCUT2D eigenvalue weighted by atomic mass is 9.89. The highest BCUT2D eigenvalue weighted by atomic mass is 19.4. The maximum atomic E-state index is 13.7. The molecule has 9 heteroatoms. The van der Waals surface area contributed by atoms with Crippen molar-refractivity contribution >= 4 is 11.5 Å². The Morgan fingerprint density at radius 1 is 1.30 bits per heavy atom. The molecule has 0 fully saturated rings. The summed E-state index contributed by atoms with van der Waals surface area (Å²) in [5.41, 5.74) is -4.74. The van der Waals surface area contributed by atoms with E-state index in [-0.39, 0.29) is 11.1 Å². The number of carbonyl (C=O) groups is 1. The van der Waals surface area contributed by atoms with E-state index in [9.17, 15) is 31.9 Å². The number of carboxylic acid groups (broad SMARTS) is 1. The first-order valence-electron chi connectivity index (χ1n) is 6.19. The molecule has 1 aromatic carbocycles. The fraction of sp³-hybridized carbons (Fsp3) is 0.357. The quantitative estimate of drug-likeness (QED) is 0.808. The average molecular weight is 340 g/mol. The van der Waals surface area contributed by atoms with Crippen molar-refractivity contribution in [1.82, 2.24) is 0 Å². The van der Waals surface area contributed by atoms with Crippen molar-refractivity contribution in [3.63, 3.8) is 0 Å². The second-order valence-electron chi connectivity index (χ2n) is 4.60. The third kappa shape index (κ3) is 3.44. The zero-order valence-corrected chi connectivity index (χ0v) is 12.0. The van der Waals surface area contributed by atoms with Gasteiger partial charge in [-0.3, -0.25) is 0 Å². The normalized spacial score (nSPS) is 15.2. The van der Waals surface area contributed by atoms with Gasteiger partial charge in [-0.2, -0.15) is 17.6 Å².